The standard InChI is InChI=1S/C18H22N2O7S2/c1-26-13-4-2-12(3-5-13)6-7-20-14-10-29(24,25)11-15(14)28-18(20)19-16(21)8-27-9-17(22)23/h2-5,14-15H,6-11H2,1H3,(H,22,23)/t14-,15-/m1/s1. The topological polar surface area (TPSA) is 123 Å². The molecule has 1 aromatic rings. The number of thioether (sulfide) groups is 1. The van der Waals surface area contributed by atoms with Crippen LogP contribution in [0.15, 0.2) is 29.3 Å². The van der Waals surface area contributed by atoms with E-state index in [4.69, 9.17) is 14.6 Å². The highest BCUT2D eigenvalue weighted by Gasteiger charge is 2.48. The third kappa shape index (κ3) is 5.71. The molecule has 0 bridgehead atoms. The van der Waals surface area contributed by atoms with Crippen molar-refractivity contribution in [3.8, 4) is 5.75 Å². The molecule has 2 fully saturated rings. The number of hydrogen-bond donors (Lipinski definition) is 1. The first-order valence-corrected chi connectivity index (χ1v) is 11.7. The lowest BCUT2D eigenvalue weighted by Crippen LogP contribution is -2.39. The van der Waals surface area contributed by atoms with Crippen LogP contribution in [0.25, 0.3) is 0 Å². The average molecular weight is 443 g/mol. The highest BCUT2D eigenvalue weighted by atomic mass is 32.2. The Labute approximate surface area is 173 Å². The molecular formula is C18H22N2O7S2. The van der Waals surface area contributed by atoms with Crippen molar-refractivity contribution in [3.63, 3.8) is 0 Å². The van der Waals surface area contributed by atoms with Crippen LogP contribution in [0.3, 0.4) is 0 Å². The van der Waals surface area contributed by atoms with Gasteiger partial charge >= 0.3 is 5.97 Å². The van der Waals surface area contributed by atoms with E-state index in [9.17, 15) is 18.0 Å². The molecule has 2 atom stereocenters. The summed E-state index contributed by atoms with van der Waals surface area (Å²) in [4.78, 5) is 28.5. The van der Waals surface area contributed by atoms with Gasteiger partial charge in [-0.3, -0.25) is 4.79 Å². The molecule has 9 nitrogen and oxygen atoms in total. The lowest BCUT2D eigenvalue weighted by molar-refractivity contribution is -0.143. The second kappa shape index (κ2) is 9.14. The summed E-state index contributed by atoms with van der Waals surface area (Å²) in [6.07, 6.45) is 0.649. The van der Waals surface area contributed by atoms with Gasteiger partial charge in [-0.1, -0.05) is 23.9 Å². The normalized spacial score (nSPS) is 23.9. The van der Waals surface area contributed by atoms with Gasteiger partial charge in [0.25, 0.3) is 5.91 Å². The molecule has 3 rings (SSSR count). The van der Waals surface area contributed by atoms with Crippen molar-refractivity contribution in [2.24, 2.45) is 4.99 Å². The number of fused-ring (bicyclic) bond motifs is 1. The maximum Gasteiger partial charge on any atom is 0.329 e. The molecule has 2 aliphatic rings. The van der Waals surface area contributed by atoms with E-state index in [1.54, 1.807) is 7.11 Å². The average Bonchev–Trinajstić information content (AvgIpc) is 3.11. The van der Waals surface area contributed by atoms with Crippen LogP contribution < -0.4 is 4.74 Å². The van der Waals surface area contributed by atoms with Gasteiger partial charge < -0.3 is 19.5 Å². The predicted octanol–water partition coefficient (Wildman–Crippen LogP) is 0.436. The maximum absolute atomic E-state index is 12.0. The number of methoxy groups -OCH3 is 1. The second-order valence-electron chi connectivity index (χ2n) is 6.77. The largest absolute Gasteiger partial charge is 0.497 e. The fraction of sp³-hybridized carbons (Fsp3) is 0.500. The summed E-state index contributed by atoms with van der Waals surface area (Å²) in [5, 5.41) is 8.87. The summed E-state index contributed by atoms with van der Waals surface area (Å²) in [6, 6.07) is 7.36. The molecule has 11 heteroatoms. The molecular weight excluding hydrogens is 420 g/mol. The summed E-state index contributed by atoms with van der Waals surface area (Å²) >= 11 is 1.29. The van der Waals surface area contributed by atoms with Gasteiger partial charge in [0.05, 0.1) is 24.7 Å². The number of rotatable bonds is 8. The van der Waals surface area contributed by atoms with Crippen LogP contribution in [-0.4, -0.2) is 85.1 Å². The van der Waals surface area contributed by atoms with Crippen molar-refractivity contribution in [2.75, 3.05) is 38.4 Å². The van der Waals surface area contributed by atoms with E-state index in [-0.39, 0.29) is 22.8 Å². The minimum absolute atomic E-state index is 0.0377. The number of benzene rings is 1. The first kappa shape index (κ1) is 21.6. The van der Waals surface area contributed by atoms with E-state index in [1.165, 1.54) is 11.8 Å². The fourth-order valence-corrected chi connectivity index (χ4v) is 7.30. The number of aliphatic carboxylic acids is 1. The first-order chi connectivity index (χ1) is 13.8. The molecule has 29 heavy (non-hydrogen) atoms. The Hall–Kier alpha value is -2.11. The molecule has 2 aliphatic heterocycles. The third-order valence-corrected chi connectivity index (χ3v) is 7.89. The van der Waals surface area contributed by atoms with Crippen LogP contribution in [0.1, 0.15) is 5.56 Å². The summed E-state index contributed by atoms with van der Waals surface area (Å²) in [5.74, 6) is -0.908. The van der Waals surface area contributed by atoms with E-state index < -0.39 is 34.9 Å². The number of amides is 1. The highest BCUT2D eigenvalue weighted by molar-refractivity contribution is 8.15. The zero-order valence-corrected chi connectivity index (χ0v) is 17.4. The number of aliphatic imine (C=N–C) groups is 1. The molecule has 1 amide bonds. The Kier molecular flexibility index (Phi) is 6.81. The van der Waals surface area contributed by atoms with Gasteiger partial charge in [0.15, 0.2) is 15.0 Å². The number of carbonyl (C=O) groups is 2. The van der Waals surface area contributed by atoms with Gasteiger partial charge in [-0.25, -0.2) is 13.2 Å². The van der Waals surface area contributed by atoms with E-state index >= 15 is 0 Å². The Balaban J connectivity index is 1.70. The maximum atomic E-state index is 12.0. The Morgan fingerprint density at radius 3 is 2.62 bits per heavy atom. The minimum Gasteiger partial charge on any atom is -0.497 e. The molecule has 1 N–H and O–H groups in total. The number of amidine groups is 1. The number of sulfone groups is 1. The Morgan fingerprint density at radius 2 is 1.97 bits per heavy atom. The van der Waals surface area contributed by atoms with Crippen molar-refractivity contribution in [2.45, 2.75) is 17.7 Å². The molecule has 158 valence electrons. The van der Waals surface area contributed by atoms with Crippen LogP contribution >= 0.6 is 11.8 Å². The van der Waals surface area contributed by atoms with Gasteiger partial charge in [-0.05, 0) is 24.1 Å². The van der Waals surface area contributed by atoms with E-state index in [1.807, 2.05) is 29.2 Å². The van der Waals surface area contributed by atoms with Crippen LogP contribution in [0, 0.1) is 0 Å². The molecule has 0 aromatic heterocycles. The molecule has 0 radical (unpaired) electrons. The zero-order valence-electron chi connectivity index (χ0n) is 15.8. The first-order valence-electron chi connectivity index (χ1n) is 8.95. The smallest absolute Gasteiger partial charge is 0.329 e. The Bertz CT molecular complexity index is 899. The van der Waals surface area contributed by atoms with Crippen molar-refractivity contribution in [1.29, 1.82) is 0 Å². The van der Waals surface area contributed by atoms with Gasteiger partial charge in [-0.15, -0.1) is 0 Å². The lowest BCUT2D eigenvalue weighted by Gasteiger charge is -2.24. The van der Waals surface area contributed by atoms with Gasteiger partial charge in [-0.2, -0.15) is 4.99 Å². The molecule has 0 aliphatic carbocycles. The number of carbonyl (C=O) groups excluding carboxylic acids is 1. The predicted molar refractivity (Wildman–Crippen MR) is 108 cm³/mol. The van der Waals surface area contributed by atoms with E-state index in [0.717, 1.165) is 11.3 Å². The number of hydrogen-bond acceptors (Lipinski definition) is 7. The van der Waals surface area contributed by atoms with Crippen molar-refractivity contribution in [3.05, 3.63) is 29.8 Å². The summed E-state index contributed by atoms with van der Waals surface area (Å²) in [5.41, 5.74) is 1.05. The van der Waals surface area contributed by atoms with Gasteiger partial charge in [0.2, 0.25) is 0 Å². The van der Waals surface area contributed by atoms with Crippen molar-refractivity contribution >= 4 is 38.6 Å². The molecule has 2 saturated heterocycles. The van der Waals surface area contributed by atoms with Gasteiger partial charge in [0.1, 0.15) is 19.0 Å². The molecule has 1 aromatic carbocycles. The fourth-order valence-electron chi connectivity index (χ4n) is 3.30. The zero-order chi connectivity index (χ0) is 21.0. The SMILES string of the molecule is COc1ccc(CCN2C(=NC(=O)COCC(=O)O)S[C@@H]3CS(=O)(=O)C[C@H]32)cc1. The lowest BCUT2D eigenvalue weighted by atomic mass is 10.1. The number of nitrogens with zero attached hydrogens (tertiary/aromatic N) is 2. The summed E-state index contributed by atoms with van der Waals surface area (Å²) < 4.78 is 34.0. The summed E-state index contributed by atoms with van der Waals surface area (Å²) in [6.45, 7) is -0.497. The molecule has 2 heterocycles. The monoisotopic (exact) mass is 442 g/mol. The molecule has 0 unspecified atom stereocenters. The van der Waals surface area contributed by atoms with E-state index in [0.29, 0.717) is 18.1 Å². The van der Waals surface area contributed by atoms with Crippen molar-refractivity contribution in [1.82, 2.24) is 4.90 Å². The van der Waals surface area contributed by atoms with Crippen LogP contribution in [0.4, 0.5) is 0 Å². The minimum atomic E-state index is -3.11. The summed E-state index contributed by atoms with van der Waals surface area (Å²) in [7, 11) is -1.52. The number of ether oxygens (including phenoxy) is 2. The van der Waals surface area contributed by atoms with Crippen LogP contribution in [-0.2, 0) is 30.6 Å². The molecule has 0 spiro atoms. The number of carboxylic acids is 1. The Morgan fingerprint density at radius 1 is 1.24 bits per heavy atom. The highest BCUT2D eigenvalue weighted by Crippen LogP contribution is 2.38. The number of carboxylic acid groups (broad SMARTS) is 1. The van der Waals surface area contributed by atoms with E-state index in [2.05, 4.69) is 4.99 Å². The van der Waals surface area contributed by atoms with Crippen molar-refractivity contribution < 1.29 is 32.6 Å². The third-order valence-electron chi connectivity index (χ3n) is 4.65. The second-order valence-corrected chi connectivity index (χ2v) is 10.1. The quantitative estimate of drug-likeness (QED) is 0.611. The van der Waals surface area contributed by atoms with Gasteiger partial charge in [0, 0.05) is 11.8 Å². The van der Waals surface area contributed by atoms with Crippen LogP contribution in [0.5, 0.6) is 5.75 Å². The van der Waals surface area contributed by atoms with Crippen LogP contribution in [0.2, 0.25) is 0 Å². The molecule has 0 saturated carbocycles.